The van der Waals surface area contributed by atoms with E-state index < -0.39 is 6.10 Å². The molecule has 2 aliphatic carbocycles. The average Bonchev–Trinajstić information content (AvgIpc) is 2.69. The second-order valence-electron chi connectivity index (χ2n) is 11.0. The van der Waals surface area contributed by atoms with E-state index in [1.54, 1.807) is 0 Å². The van der Waals surface area contributed by atoms with Crippen molar-refractivity contribution >= 4 is 11.8 Å². The molecule has 1 heterocycles. The maximum atomic E-state index is 12.8. The van der Waals surface area contributed by atoms with Crippen molar-refractivity contribution in [1.82, 2.24) is 20.6 Å². The quantitative estimate of drug-likeness (QED) is 0.681. The van der Waals surface area contributed by atoms with E-state index in [0.717, 1.165) is 25.7 Å². The number of carbonyl (C=O) groups is 2. The van der Waals surface area contributed by atoms with Crippen LogP contribution in [0.3, 0.4) is 0 Å². The molecule has 0 bridgehead atoms. The minimum atomic E-state index is -0.575. The fourth-order valence-corrected chi connectivity index (χ4v) is 5.84. The Morgan fingerprint density at radius 2 is 1.81 bits per heavy atom. The molecule has 0 unspecified atom stereocenters. The number of carbonyl (C=O) groups excluding carboxylic acids is 2. The SMILES string of the molecule is C[C@H]1[C@@H]2[C@@H](O)[C@@H]([C@H](C)C(=O)NC(C)(C)C)CC[C@@]2(C)CC[C@@H]1NC(=O)c1cncnc1. The first-order chi connectivity index (χ1) is 14.4. The van der Waals surface area contributed by atoms with Gasteiger partial charge in [0, 0.05) is 29.9 Å². The minimum Gasteiger partial charge on any atom is -0.392 e. The summed E-state index contributed by atoms with van der Waals surface area (Å²) >= 11 is 0. The Morgan fingerprint density at radius 1 is 1.19 bits per heavy atom. The molecule has 7 atom stereocenters. The van der Waals surface area contributed by atoms with Gasteiger partial charge < -0.3 is 15.7 Å². The van der Waals surface area contributed by atoms with Crippen LogP contribution in [0.5, 0.6) is 0 Å². The van der Waals surface area contributed by atoms with Crippen LogP contribution in [0.25, 0.3) is 0 Å². The minimum absolute atomic E-state index is 0.00227. The molecule has 2 saturated carbocycles. The number of aliphatic hydroxyl groups is 1. The van der Waals surface area contributed by atoms with Crippen LogP contribution in [0, 0.1) is 29.1 Å². The van der Waals surface area contributed by atoms with E-state index in [1.165, 1.54) is 18.7 Å². The van der Waals surface area contributed by atoms with Crippen LogP contribution in [-0.4, -0.2) is 44.6 Å². The van der Waals surface area contributed by atoms with E-state index in [1.807, 2.05) is 27.7 Å². The summed E-state index contributed by atoms with van der Waals surface area (Å²) in [6.07, 6.45) is 7.52. The van der Waals surface area contributed by atoms with Crippen molar-refractivity contribution in [1.29, 1.82) is 0 Å². The van der Waals surface area contributed by atoms with E-state index in [2.05, 4.69) is 34.4 Å². The van der Waals surface area contributed by atoms with Gasteiger partial charge in [-0.25, -0.2) is 9.97 Å². The predicted octanol–water partition coefficient (Wildman–Crippen LogP) is 2.95. The Morgan fingerprint density at radius 3 is 2.42 bits per heavy atom. The van der Waals surface area contributed by atoms with Gasteiger partial charge in [0.25, 0.3) is 5.91 Å². The Hall–Kier alpha value is -2.02. The van der Waals surface area contributed by atoms with Crippen molar-refractivity contribution in [2.24, 2.45) is 29.1 Å². The van der Waals surface area contributed by atoms with Crippen LogP contribution in [0.2, 0.25) is 0 Å². The zero-order valence-electron chi connectivity index (χ0n) is 19.7. The number of aromatic nitrogens is 2. The molecule has 0 aliphatic heterocycles. The van der Waals surface area contributed by atoms with Gasteiger partial charge in [-0.3, -0.25) is 9.59 Å². The van der Waals surface area contributed by atoms with Gasteiger partial charge in [0.15, 0.2) is 0 Å². The van der Waals surface area contributed by atoms with Gasteiger partial charge in [-0.15, -0.1) is 0 Å². The number of hydrogen-bond donors (Lipinski definition) is 3. The number of nitrogens with zero attached hydrogens (tertiary/aromatic N) is 2. The largest absolute Gasteiger partial charge is 0.392 e. The fourth-order valence-electron chi connectivity index (χ4n) is 5.84. The monoisotopic (exact) mass is 430 g/mol. The Balaban J connectivity index is 1.74. The topological polar surface area (TPSA) is 104 Å². The number of nitrogens with one attached hydrogen (secondary N) is 2. The van der Waals surface area contributed by atoms with Crippen LogP contribution < -0.4 is 10.6 Å². The van der Waals surface area contributed by atoms with Crippen LogP contribution in [0.4, 0.5) is 0 Å². The van der Waals surface area contributed by atoms with Crippen molar-refractivity contribution < 1.29 is 14.7 Å². The average molecular weight is 431 g/mol. The lowest BCUT2D eigenvalue weighted by atomic mass is 9.51. The summed E-state index contributed by atoms with van der Waals surface area (Å²) in [5.74, 6) is -0.397. The summed E-state index contributed by atoms with van der Waals surface area (Å²) in [4.78, 5) is 33.3. The lowest BCUT2D eigenvalue weighted by Gasteiger charge is -2.56. The van der Waals surface area contributed by atoms with Gasteiger partial charge in [0.05, 0.1) is 11.7 Å². The summed E-state index contributed by atoms with van der Waals surface area (Å²) in [5.41, 5.74) is 0.165. The highest BCUT2D eigenvalue weighted by Crippen LogP contribution is 2.55. The maximum absolute atomic E-state index is 12.8. The highest BCUT2D eigenvalue weighted by atomic mass is 16.3. The Labute approximate surface area is 185 Å². The van der Waals surface area contributed by atoms with Gasteiger partial charge in [0.2, 0.25) is 5.91 Å². The molecule has 7 nitrogen and oxygen atoms in total. The van der Waals surface area contributed by atoms with Gasteiger partial charge in [-0.05, 0) is 69.6 Å². The van der Waals surface area contributed by atoms with Gasteiger partial charge in [-0.1, -0.05) is 20.8 Å². The van der Waals surface area contributed by atoms with E-state index in [4.69, 9.17) is 0 Å². The Kier molecular flexibility index (Phi) is 6.75. The van der Waals surface area contributed by atoms with Crippen LogP contribution in [0.1, 0.15) is 77.6 Å². The molecule has 0 radical (unpaired) electrons. The Bertz CT molecular complexity index is 794. The third-order valence-corrected chi connectivity index (χ3v) is 7.58. The standard InChI is InChI=1S/C24H38N4O3/c1-14(21(30)28-23(3,4)5)17-7-9-24(6)10-8-18(15(2)19(24)20(17)29)27-22(31)16-11-25-13-26-12-16/h11-15,17-20,29H,7-10H2,1-6H3,(H,27,31)(H,28,30)/t14-,15+,17+,18-,19+,20-,24-/m0/s1. The molecular weight excluding hydrogens is 392 g/mol. The maximum Gasteiger partial charge on any atom is 0.254 e. The van der Waals surface area contributed by atoms with Crippen LogP contribution in [-0.2, 0) is 4.79 Å². The zero-order chi connectivity index (χ0) is 23.0. The normalized spacial score (nSPS) is 34.4. The van der Waals surface area contributed by atoms with E-state index >= 15 is 0 Å². The molecule has 0 aromatic carbocycles. The van der Waals surface area contributed by atoms with Crippen LogP contribution >= 0.6 is 0 Å². The molecule has 7 heteroatoms. The molecular formula is C24H38N4O3. The predicted molar refractivity (Wildman–Crippen MR) is 119 cm³/mol. The summed E-state index contributed by atoms with van der Waals surface area (Å²) < 4.78 is 0. The fraction of sp³-hybridized carbons (Fsp3) is 0.750. The first kappa shape index (κ1) is 23.6. The molecule has 3 rings (SSSR count). The molecule has 2 fully saturated rings. The molecule has 0 spiro atoms. The second-order valence-corrected chi connectivity index (χ2v) is 11.0. The van der Waals surface area contributed by atoms with Gasteiger partial charge in [0.1, 0.15) is 6.33 Å². The first-order valence-electron chi connectivity index (χ1n) is 11.5. The summed E-state index contributed by atoms with van der Waals surface area (Å²) in [6.45, 7) is 12.2. The first-order valence-corrected chi connectivity index (χ1v) is 11.5. The number of rotatable bonds is 4. The molecule has 2 aliphatic rings. The third-order valence-electron chi connectivity index (χ3n) is 7.58. The number of aliphatic hydroxyl groups excluding tert-OH is 1. The molecule has 172 valence electrons. The third kappa shape index (κ3) is 5.08. The lowest BCUT2D eigenvalue weighted by molar-refractivity contribution is -0.143. The molecule has 3 N–H and O–H groups in total. The summed E-state index contributed by atoms with van der Waals surface area (Å²) in [5, 5.41) is 17.7. The molecule has 1 aromatic heterocycles. The van der Waals surface area contributed by atoms with Gasteiger partial charge >= 0.3 is 0 Å². The van der Waals surface area contributed by atoms with Crippen LogP contribution in [0.15, 0.2) is 18.7 Å². The van der Waals surface area contributed by atoms with Crippen molar-refractivity contribution in [2.75, 3.05) is 0 Å². The number of hydrogen-bond acceptors (Lipinski definition) is 5. The zero-order valence-corrected chi connectivity index (χ0v) is 19.7. The second kappa shape index (κ2) is 8.85. The summed E-state index contributed by atoms with van der Waals surface area (Å²) in [7, 11) is 0. The van der Waals surface area contributed by atoms with E-state index in [9.17, 15) is 14.7 Å². The van der Waals surface area contributed by atoms with E-state index in [0.29, 0.717) is 5.56 Å². The molecule has 0 saturated heterocycles. The van der Waals surface area contributed by atoms with Crippen molar-refractivity contribution in [3.8, 4) is 0 Å². The number of amides is 2. The van der Waals surface area contributed by atoms with Crippen molar-refractivity contribution in [3.05, 3.63) is 24.3 Å². The highest BCUT2D eigenvalue weighted by Gasteiger charge is 2.54. The lowest BCUT2D eigenvalue weighted by Crippen LogP contribution is -2.59. The van der Waals surface area contributed by atoms with Gasteiger partial charge in [-0.2, -0.15) is 0 Å². The summed E-state index contributed by atoms with van der Waals surface area (Å²) in [6, 6.07) is -0.0297. The smallest absolute Gasteiger partial charge is 0.254 e. The molecule has 31 heavy (non-hydrogen) atoms. The van der Waals surface area contributed by atoms with Crippen molar-refractivity contribution in [3.63, 3.8) is 0 Å². The van der Waals surface area contributed by atoms with E-state index in [-0.39, 0.29) is 52.5 Å². The highest BCUT2D eigenvalue weighted by molar-refractivity contribution is 5.93. The molecule has 2 amide bonds. The molecule has 1 aromatic rings. The van der Waals surface area contributed by atoms with Crippen molar-refractivity contribution in [2.45, 2.75) is 84.9 Å². The number of fused-ring (bicyclic) bond motifs is 1.